The average molecular weight is 210 g/mol. The quantitative estimate of drug-likeness (QED) is 0.655. The minimum absolute atomic E-state index is 0.531. The average Bonchev–Trinajstić information content (AvgIpc) is 2.65. The van der Waals surface area contributed by atoms with E-state index in [0.717, 1.165) is 13.0 Å². The van der Waals surface area contributed by atoms with E-state index < -0.39 is 0 Å². The summed E-state index contributed by atoms with van der Waals surface area (Å²) in [4.78, 5) is 4.95. The molecule has 4 nitrogen and oxygen atoms in total. The van der Waals surface area contributed by atoms with Gasteiger partial charge in [-0.2, -0.15) is 5.10 Å². The lowest BCUT2D eigenvalue weighted by Crippen LogP contribution is -2.50. The maximum atomic E-state index is 4.58. The van der Waals surface area contributed by atoms with Gasteiger partial charge in [0.05, 0.1) is 5.71 Å². The Morgan fingerprint density at radius 1 is 1.07 bits per heavy atom. The van der Waals surface area contributed by atoms with Crippen molar-refractivity contribution >= 4 is 5.71 Å². The zero-order valence-electron chi connectivity index (χ0n) is 10.1. The van der Waals surface area contributed by atoms with Crippen LogP contribution in [-0.4, -0.2) is 73.4 Å². The molecule has 0 spiro atoms. The van der Waals surface area contributed by atoms with Gasteiger partial charge in [0, 0.05) is 52.2 Å². The monoisotopic (exact) mass is 210 g/mol. The van der Waals surface area contributed by atoms with Crippen LogP contribution in [0.15, 0.2) is 5.10 Å². The van der Waals surface area contributed by atoms with Crippen LogP contribution in [0.25, 0.3) is 0 Å². The highest BCUT2D eigenvalue weighted by atomic mass is 15.5. The van der Waals surface area contributed by atoms with E-state index >= 15 is 0 Å². The molecule has 2 rings (SSSR count). The van der Waals surface area contributed by atoms with Crippen LogP contribution < -0.4 is 0 Å². The zero-order chi connectivity index (χ0) is 10.8. The van der Waals surface area contributed by atoms with E-state index in [4.69, 9.17) is 0 Å². The highest BCUT2D eigenvalue weighted by Gasteiger charge is 2.25. The summed E-state index contributed by atoms with van der Waals surface area (Å²) in [5.41, 5.74) is 1.36. The van der Waals surface area contributed by atoms with Crippen molar-refractivity contribution in [1.29, 1.82) is 0 Å². The Bertz CT molecular complexity index is 243. The van der Waals surface area contributed by atoms with Crippen molar-refractivity contribution in [2.75, 3.05) is 46.8 Å². The maximum absolute atomic E-state index is 4.58. The lowest BCUT2D eigenvalue weighted by Gasteiger charge is -2.36. The lowest BCUT2D eigenvalue weighted by molar-refractivity contribution is 0.142. The first-order valence-electron chi connectivity index (χ1n) is 5.88. The Morgan fingerprint density at radius 2 is 1.73 bits per heavy atom. The number of hydrogen-bond donors (Lipinski definition) is 0. The predicted octanol–water partition coefficient (Wildman–Crippen LogP) is 0.314. The van der Waals surface area contributed by atoms with Gasteiger partial charge in [0.15, 0.2) is 0 Å². The second-order valence-electron chi connectivity index (χ2n) is 4.74. The molecule has 0 amide bonds. The van der Waals surface area contributed by atoms with Crippen molar-refractivity contribution in [3.05, 3.63) is 0 Å². The number of hydrogen-bond acceptors (Lipinski definition) is 4. The molecule has 0 aliphatic carbocycles. The third-order valence-corrected chi connectivity index (χ3v) is 3.56. The van der Waals surface area contributed by atoms with Gasteiger partial charge in [-0.25, -0.2) is 0 Å². The van der Waals surface area contributed by atoms with Gasteiger partial charge in [-0.3, -0.25) is 9.91 Å². The van der Waals surface area contributed by atoms with E-state index in [9.17, 15) is 0 Å². The van der Waals surface area contributed by atoms with Crippen molar-refractivity contribution in [3.63, 3.8) is 0 Å². The summed E-state index contributed by atoms with van der Waals surface area (Å²) in [6.07, 6.45) is 1.14. The number of nitrogens with zero attached hydrogens (tertiary/aromatic N) is 4. The summed E-state index contributed by atoms with van der Waals surface area (Å²) in [6, 6.07) is 0.531. The van der Waals surface area contributed by atoms with Crippen molar-refractivity contribution in [2.24, 2.45) is 5.10 Å². The Kier molecular flexibility index (Phi) is 3.26. The zero-order valence-corrected chi connectivity index (χ0v) is 10.1. The third-order valence-electron chi connectivity index (χ3n) is 3.56. The highest BCUT2D eigenvalue weighted by Crippen LogP contribution is 2.13. The fourth-order valence-electron chi connectivity index (χ4n) is 2.31. The first kappa shape index (κ1) is 10.9. The van der Waals surface area contributed by atoms with E-state index in [1.54, 1.807) is 0 Å². The summed E-state index contributed by atoms with van der Waals surface area (Å²) in [5.74, 6) is 0. The third kappa shape index (κ3) is 2.49. The summed E-state index contributed by atoms with van der Waals surface area (Å²) in [7, 11) is 4.26. The normalized spacial score (nSPS) is 26.9. The van der Waals surface area contributed by atoms with Crippen molar-refractivity contribution in [2.45, 2.75) is 19.4 Å². The van der Waals surface area contributed by atoms with Crippen LogP contribution in [-0.2, 0) is 0 Å². The van der Waals surface area contributed by atoms with Gasteiger partial charge < -0.3 is 4.90 Å². The number of rotatable bonds is 2. The Morgan fingerprint density at radius 3 is 2.27 bits per heavy atom. The molecule has 2 aliphatic rings. The SMILES string of the molecule is CC(C1=NN(C)CC1)N1CCN(C)CC1. The molecule has 86 valence electrons. The van der Waals surface area contributed by atoms with Gasteiger partial charge in [-0.05, 0) is 14.0 Å². The Balaban J connectivity index is 1.90. The minimum Gasteiger partial charge on any atom is -0.304 e. The van der Waals surface area contributed by atoms with Crippen LogP contribution in [0.1, 0.15) is 13.3 Å². The largest absolute Gasteiger partial charge is 0.304 e. The van der Waals surface area contributed by atoms with Crippen LogP contribution in [0.3, 0.4) is 0 Å². The lowest BCUT2D eigenvalue weighted by atomic mass is 10.1. The van der Waals surface area contributed by atoms with Crippen molar-refractivity contribution in [1.82, 2.24) is 14.8 Å². The van der Waals surface area contributed by atoms with Gasteiger partial charge in [0.25, 0.3) is 0 Å². The van der Waals surface area contributed by atoms with Gasteiger partial charge in [-0.15, -0.1) is 0 Å². The topological polar surface area (TPSA) is 22.1 Å². The van der Waals surface area contributed by atoms with Crippen LogP contribution in [0.5, 0.6) is 0 Å². The summed E-state index contributed by atoms with van der Waals surface area (Å²) < 4.78 is 0. The molecular weight excluding hydrogens is 188 g/mol. The molecule has 0 N–H and O–H groups in total. The second kappa shape index (κ2) is 4.49. The van der Waals surface area contributed by atoms with Gasteiger partial charge in [0.1, 0.15) is 0 Å². The van der Waals surface area contributed by atoms with E-state index in [1.165, 1.54) is 31.9 Å². The molecule has 15 heavy (non-hydrogen) atoms. The molecule has 0 bridgehead atoms. The molecule has 1 unspecified atom stereocenters. The van der Waals surface area contributed by atoms with Crippen LogP contribution in [0.2, 0.25) is 0 Å². The molecule has 1 saturated heterocycles. The standard InChI is InChI=1S/C11H22N4/c1-10(11-4-5-14(3)12-11)15-8-6-13(2)7-9-15/h10H,4-9H2,1-3H3. The van der Waals surface area contributed by atoms with Crippen molar-refractivity contribution < 1.29 is 0 Å². The van der Waals surface area contributed by atoms with Gasteiger partial charge in [0.2, 0.25) is 0 Å². The van der Waals surface area contributed by atoms with Gasteiger partial charge >= 0.3 is 0 Å². The molecule has 0 aromatic rings. The molecule has 0 aromatic carbocycles. The molecule has 2 aliphatic heterocycles. The first-order chi connectivity index (χ1) is 7.16. The number of piperazine rings is 1. The molecule has 1 fully saturated rings. The number of likely N-dealkylation sites (N-methyl/N-ethyl adjacent to an activating group) is 1. The second-order valence-corrected chi connectivity index (χ2v) is 4.74. The summed E-state index contributed by atoms with van der Waals surface area (Å²) in [6.45, 7) is 8.12. The molecule has 0 saturated carbocycles. The van der Waals surface area contributed by atoms with E-state index in [-0.39, 0.29) is 0 Å². The molecule has 0 radical (unpaired) electrons. The van der Waals surface area contributed by atoms with Crippen LogP contribution >= 0.6 is 0 Å². The first-order valence-corrected chi connectivity index (χ1v) is 5.88. The Labute approximate surface area is 92.5 Å². The van der Waals surface area contributed by atoms with E-state index in [2.05, 4.69) is 40.9 Å². The van der Waals surface area contributed by atoms with Gasteiger partial charge in [-0.1, -0.05) is 0 Å². The molecule has 4 heteroatoms. The van der Waals surface area contributed by atoms with Crippen LogP contribution in [0, 0.1) is 0 Å². The van der Waals surface area contributed by atoms with Crippen molar-refractivity contribution in [3.8, 4) is 0 Å². The molecule has 2 heterocycles. The fourth-order valence-corrected chi connectivity index (χ4v) is 2.31. The fraction of sp³-hybridized carbons (Fsp3) is 0.909. The smallest absolute Gasteiger partial charge is 0.0567 e. The maximum Gasteiger partial charge on any atom is 0.0567 e. The predicted molar refractivity (Wildman–Crippen MR) is 63.2 cm³/mol. The van der Waals surface area contributed by atoms with Crippen LogP contribution in [0.4, 0.5) is 0 Å². The summed E-state index contributed by atoms with van der Waals surface area (Å²) >= 11 is 0. The number of hydrazone groups is 1. The van der Waals surface area contributed by atoms with E-state index in [1.807, 2.05) is 0 Å². The molecule has 1 atom stereocenters. The minimum atomic E-state index is 0.531. The molecular formula is C11H22N4. The van der Waals surface area contributed by atoms with E-state index in [0.29, 0.717) is 6.04 Å². The Hall–Kier alpha value is -0.610. The summed E-state index contributed by atoms with van der Waals surface area (Å²) in [5, 5.41) is 6.63. The highest BCUT2D eigenvalue weighted by molar-refractivity contribution is 5.90. The molecule has 0 aromatic heterocycles.